The van der Waals surface area contributed by atoms with Crippen molar-refractivity contribution in [3.05, 3.63) is 46.0 Å². The molecule has 0 atom stereocenters. The molecule has 1 aromatic carbocycles. The van der Waals surface area contributed by atoms with Crippen LogP contribution in [0.4, 0.5) is 5.69 Å². The molecule has 1 rings (SSSR count). The lowest BCUT2D eigenvalue weighted by molar-refractivity contribution is -0.385. The summed E-state index contributed by atoms with van der Waals surface area (Å²) in [4.78, 5) is 21.9. The zero-order valence-electron chi connectivity index (χ0n) is 14.9. The van der Waals surface area contributed by atoms with Crippen LogP contribution in [0.2, 0.25) is 0 Å². The molecular formula is C16H22NO8P. The van der Waals surface area contributed by atoms with Gasteiger partial charge in [-0.05, 0) is 19.9 Å². The van der Waals surface area contributed by atoms with E-state index in [0.717, 1.165) is 6.07 Å². The number of nitro groups is 1. The second kappa shape index (κ2) is 10.7. The standard InChI is InChI=1S/C16H22NO8P/c1-4-24-26(21,25-5-2)9-7-6-8-23-15-11-13(16(18)22-3)10-14(12-15)17(19)20/h6-7,10-12H,4-5,8-9H2,1-3H3. The molecule has 0 fully saturated rings. The number of non-ortho nitro benzene ring substituents is 1. The number of nitro benzene ring substituents is 1. The third kappa shape index (κ3) is 6.95. The SMILES string of the molecule is CCOP(=O)(CC=CCOc1cc(C(=O)OC)cc([N+](=O)[O-])c1)OCC. The molecule has 0 bridgehead atoms. The van der Waals surface area contributed by atoms with Crippen LogP contribution in [0.1, 0.15) is 24.2 Å². The number of hydrogen-bond donors (Lipinski definition) is 0. The van der Waals surface area contributed by atoms with Crippen molar-refractivity contribution in [3.8, 4) is 5.75 Å². The molecule has 0 aromatic heterocycles. The van der Waals surface area contributed by atoms with Crippen LogP contribution in [-0.2, 0) is 18.3 Å². The summed E-state index contributed by atoms with van der Waals surface area (Å²) in [5.41, 5.74) is -0.276. The quantitative estimate of drug-likeness (QED) is 0.186. The molecule has 0 spiro atoms. The van der Waals surface area contributed by atoms with Gasteiger partial charge in [0.15, 0.2) is 0 Å². The molecule has 0 unspecified atom stereocenters. The number of allylic oxidation sites excluding steroid dienone is 1. The molecule has 0 N–H and O–H groups in total. The number of carbonyl (C=O) groups is 1. The van der Waals surface area contributed by atoms with Crippen LogP contribution in [0.5, 0.6) is 5.75 Å². The number of carbonyl (C=O) groups excluding carboxylic acids is 1. The summed E-state index contributed by atoms with van der Waals surface area (Å²) in [6, 6.07) is 3.65. The summed E-state index contributed by atoms with van der Waals surface area (Å²) in [6.45, 7) is 4.04. The Kier molecular flexibility index (Phi) is 8.98. The maximum atomic E-state index is 12.3. The molecule has 0 aliphatic heterocycles. The average Bonchev–Trinajstić information content (AvgIpc) is 2.60. The van der Waals surface area contributed by atoms with Crippen LogP contribution in [0.15, 0.2) is 30.4 Å². The molecule has 0 heterocycles. The van der Waals surface area contributed by atoms with Gasteiger partial charge in [0.05, 0.1) is 43.0 Å². The second-order valence-electron chi connectivity index (χ2n) is 4.88. The van der Waals surface area contributed by atoms with Crippen molar-refractivity contribution in [1.29, 1.82) is 0 Å². The predicted octanol–water partition coefficient (Wildman–Crippen LogP) is 3.58. The van der Waals surface area contributed by atoms with Crippen molar-refractivity contribution in [2.24, 2.45) is 0 Å². The summed E-state index contributed by atoms with van der Waals surface area (Å²) in [6.07, 6.45) is 3.26. The predicted molar refractivity (Wildman–Crippen MR) is 94.8 cm³/mol. The highest BCUT2D eigenvalue weighted by molar-refractivity contribution is 7.54. The monoisotopic (exact) mass is 387 g/mol. The average molecular weight is 387 g/mol. The van der Waals surface area contributed by atoms with E-state index in [9.17, 15) is 19.5 Å². The van der Waals surface area contributed by atoms with Crippen molar-refractivity contribution in [2.75, 3.05) is 33.1 Å². The van der Waals surface area contributed by atoms with E-state index in [1.807, 2.05) is 0 Å². The van der Waals surface area contributed by atoms with Gasteiger partial charge in [0.2, 0.25) is 0 Å². The Hall–Kier alpha value is -2.22. The van der Waals surface area contributed by atoms with E-state index in [-0.39, 0.29) is 43.0 Å². The summed E-state index contributed by atoms with van der Waals surface area (Å²) in [5, 5.41) is 11.0. The number of hydrogen-bond acceptors (Lipinski definition) is 8. The molecule has 144 valence electrons. The normalized spacial score (nSPS) is 11.5. The van der Waals surface area contributed by atoms with Crippen molar-refractivity contribution in [3.63, 3.8) is 0 Å². The Balaban J connectivity index is 2.74. The van der Waals surface area contributed by atoms with Crippen LogP contribution in [0.3, 0.4) is 0 Å². The fourth-order valence-electron chi connectivity index (χ4n) is 1.96. The van der Waals surface area contributed by atoms with Crippen molar-refractivity contribution >= 4 is 19.3 Å². The summed E-state index contributed by atoms with van der Waals surface area (Å²) >= 11 is 0. The fraction of sp³-hybridized carbons (Fsp3) is 0.438. The van der Waals surface area contributed by atoms with Crippen LogP contribution in [0.25, 0.3) is 0 Å². The number of rotatable bonds is 11. The minimum absolute atomic E-state index is 0.0119. The zero-order chi connectivity index (χ0) is 19.6. The van der Waals surface area contributed by atoms with Crippen LogP contribution in [-0.4, -0.2) is 44.0 Å². The third-order valence-corrected chi connectivity index (χ3v) is 4.98. The first-order chi connectivity index (χ1) is 12.3. The summed E-state index contributed by atoms with van der Waals surface area (Å²) in [7, 11) is -1.99. The first kappa shape index (κ1) is 21.8. The van der Waals surface area contributed by atoms with Crippen LogP contribution >= 0.6 is 7.60 Å². The molecule has 1 aromatic rings. The topological polar surface area (TPSA) is 114 Å². The molecule has 10 heteroatoms. The van der Waals surface area contributed by atoms with Gasteiger partial charge in [-0.25, -0.2) is 4.79 Å². The Bertz CT molecular complexity index is 693. The van der Waals surface area contributed by atoms with E-state index in [1.165, 1.54) is 19.2 Å². The summed E-state index contributed by atoms with van der Waals surface area (Å²) < 4.78 is 32.5. The Morgan fingerprint density at radius 3 is 2.38 bits per heavy atom. The zero-order valence-corrected chi connectivity index (χ0v) is 15.8. The minimum atomic E-state index is -3.17. The largest absolute Gasteiger partial charge is 0.489 e. The fourth-order valence-corrected chi connectivity index (χ4v) is 3.44. The third-order valence-electron chi connectivity index (χ3n) is 3.02. The van der Waals surface area contributed by atoms with Gasteiger partial charge in [0.25, 0.3) is 5.69 Å². The molecular weight excluding hydrogens is 365 g/mol. The Morgan fingerprint density at radius 2 is 1.85 bits per heavy atom. The molecule has 26 heavy (non-hydrogen) atoms. The maximum absolute atomic E-state index is 12.3. The van der Waals surface area contributed by atoms with Gasteiger partial charge in [0.1, 0.15) is 12.4 Å². The maximum Gasteiger partial charge on any atom is 0.338 e. The smallest absolute Gasteiger partial charge is 0.338 e. The number of nitrogens with zero attached hydrogens (tertiary/aromatic N) is 1. The molecule has 0 radical (unpaired) electrons. The summed E-state index contributed by atoms with van der Waals surface area (Å²) in [5.74, 6) is -0.564. The first-order valence-electron chi connectivity index (χ1n) is 7.89. The lowest BCUT2D eigenvalue weighted by Gasteiger charge is -2.14. The second-order valence-corrected chi connectivity index (χ2v) is 6.98. The Morgan fingerprint density at radius 1 is 1.19 bits per heavy atom. The van der Waals surface area contributed by atoms with E-state index in [2.05, 4.69) is 4.74 Å². The molecule has 0 amide bonds. The molecule has 0 saturated heterocycles. The van der Waals surface area contributed by atoms with Crippen molar-refractivity contribution in [1.82, 2.24) is 0 Å². The van der Waals surface area contributed by atoms with Gasteiger partial charge >= 0.3 is 13.6 Å². The van der Waals surface area contributed by atoms with E-state index in [4.69, 9.17) is 13.8 Å². The molecule has 0 saturated carbocycles. The van der Waals surface area contributed by atoms with E-state index in [0.29, 0.717) is 0 Å². The number of methoxy groups -OCH3 is 1. The number of esters is 1. The number of ether oxygens (including phenoxy) is 2. The van der Waals surface area contributed by atoms with Gasteiger partial charge < -0.3 is 18.5 Å². The molecule has 9 nitrogen and oxygen atoms in total. The van der Waals surface area contributed by atoms with Crippen LogP contribution < -0.4 is 4.74 Å². The molecule has 0 aliphatic rings. The van der Waals surface area contributed by atoms with Gasteiger partial charge in [0, 0.05) is 6.07 Å². The highest BCUT2D eigenvalue weighted by Gasteiger charge is 2.21. The Labute approximate surface area is 151 Å². The van der Waals surface area contributed by atoms with Gasteiger partial charge in [-0.2, -0.15) is 0 Å². The first-order valence-corrected chi connectivity index (χ1v) is 9.61. The van der Waals surface area contributed by atoms with E-state index < -0.39 is 18.5 Å². The van der Waals surface area contributed by atoms with Gasteiger partial charge in [-0.15, -0.1) is 0 Å². The lowest BCUT2D eigenvalue weighted by atomic mass is 10.2. The van der Waals surface area contributed by atoms with Crippen LogP contribution in [0, 0.1) is 10.1 Å². The van der Waals surface area contributed by atoms with Crippen molar-refractivity contribution in [2.45, 2.75) is 13.8 Å². The highest BCUT2D eigenvalue weighted by Crippen LogP contribution is 2.47. The minimum Gasteiger partial charge on any atom is -0.489 e. The van der Waals surface area contributed by atoms with Gasteiger partial charge in [-0.3, -0.25) is 14.7 Å². The van der Waals surface area contributed by atoms with Crippen molar-refractivity contribution < 1.29 is 32.8 Å². The number of benzene rings is 1. The van der Waals surface area contributed by atoms with E-state index >= 15 is 0 Å². The molecule has 0 aliphatic carbocycles. The van der Waals surface area contributed by atoms with Gasteiger partial charge in [-0.1, -0.05) is 12.2 Å². The lowest BCUT2D eigenvalue weighted by Crippen LogP contribution is -2.04. The highest BCUT2D eigenvalue weighted by atomic mass is 31.2. The van der Waals surface area contributed by atoms with E-state index in [1.54, 1.807) is 26.0 Å².